The third kappa shape index (κ3) is 3.03. The first kappa shape index (κ1) is 13.4. The molecule has 1 aliphatic carbocycles. The average molecular weight is 249 g/mol. The molecule has 0 radical (unpaired) electrons. The largest absolute Gasteiger partial charge is 0.508 e. The Morgan fingerprint density at radius 3 is 2.67 bits per heavy atom. The Hall–Kier alpha value is -1.06. The summed E-state index contributed by atoms with van der Waals surface area (Å²) >= 11 is 0. The van der Waals surface area contributed by atoms with Crippen LogP contribution >= 0.6 is 0 Å². The first-order valence-electron chi connectivity index (χ1n) is 6.94. The summed E-state index contributed by atoms with van der Waals surface area (Å²) in [5, 5.41) is 23.4. The van der Waals surface area contributed by atoms with Crippen molar-refractivity contribution in [1.82, 2.24) is 5.32 Å². The van der Waals surface area contributed by atoms with Crippen LogP contribution < -0.4 is 5.32 Å². The van der Waals surface area contributed by atoms with E-state index in [4.69, 9.17) is 0 Å². The summed E-state index contributed by atoms with van der Waals surface area (Å²) in [6.07, 6.45) is 4.85. The van der Waals surface area contributed by atoms with E-state index in [0.29, 0.717) is 5.75 Å². The maximum absolute atomic E-state index is 10.0. The Bertz CT molecular complexity index is 381. The molecule has 1 aromatic rings. The maximum Gasteiger partial charge on any atom is 0.120 e. The second-order valence-corrected chi connectivity index (χ2v) is 5.14. The van der Waals surface area contributed by atoms with Gasteiger partial charge in [0.15, 0.2) is 0 Å². The smallest absolute Gasteiger partial charge is 0.120 e. The Labute approximate surface area is 109 Å². The van der Waals surface area contributed by atoms with E-state index in [1.54, 1.807) is 6.07 Å². The van der Waals surface area contributed by atoms with E-state index in [0.717, 1.165) is 31.2 Å². The summed E-state index contributed by atoms with van der Waals surface area (Å²) in [6, 6.07) is 7.72. The molecule has 1 aliphatic rings. The molecule has 1 aromatic carbocycles. The minimum atomic E-state index is -0.251. The SMILES string of the molecule is CCC(NC1CCCCC1O)c1ccccc1O. The van der Waals surface area contributed by atoms with Crippen molar-refractivity contribution in [3.05, 3.63) is 29.8 Å². The molecule has 3 unspecified atom stereocenters. The van der Waals surface area contributed by atoms with E-state index in [1.807, 2.05) is 18.2 Å². The van der Waals surface area contributed by atoms with Gasteiger partial charge >= 0.3 is 0 Å². The van der Waals surface area contributed by atoms with E-state index in [9.17, 15) is 10.2 Å². The predicted octanol–water partition coefficient (Wildman–Crippen LogP) is 2.74. The molecule has 0 heterocycles. The zero-order chi connectivity index (χ0) is 13.0. The van der Waals surface area contributed by atoms with Crippen molar-refractivity contribution in [3.8, 4) is 5.75 Å². The van der Waals surface area contributed by atoms with Crippen LogP contribution in [0.1, 0.15) is 50.6 Å². The highest BCUT2D eigenvalue weighted by Gasteiger charge is 2.26. The highest BCUT2D eigenvalue weighted by molar-refractivity contribution is 5.34. The number of benzene rings is 1. The lowest BCUT2D eigenvalue weighted by atomic mass is 9.91. The zero-order valence-electron chi connectivity index (χ0n) is 11.0. The Morgan fingerprint density at radius 2 is 2.00 bits per heavy atom. The fraction of sp³-hybridized carbons (Fsp3) is 0.600. The van der Waals surface area contributed by atoms with Crippen molar-refractivity contribution in [2.24, 2.45) is 0 Å². The number of para-hydroxylation sites is 1. The van der Waals surface area contributed by atoms with Crippen molar-refractivity contribution in [2.75, 3.05) is 0 Å². The van der Waals surface area contributed by atoms with Crippen LogP contribution in [0.25, 0.3) is 0 Å². The van der Waals surface area contributed by atoms with Gasteiger partial charge in [-0.3, -0.25) is 0 Å². The molecule has 0 bridgehead atoms. The van der Waals surface area contributed by atoms with Crippen molar-refractivity contribution in [1.29, 1.82) is 0 Å². The highest BCUT2D eigenvalue weighted by Crippen LogP contribution is 2.28. The second-order valence-electron chi connectivity index (χ2n) is 5.14. The number of rotatable bonds is 4. The summed E-state index contributed by atoms with van der Waals surface area (Å²) in [7, 11) is 0. The molecule has 3 heteroatoms. The van der Waals surface area contributed by atoms with Gasteiger partial charge in [-0.15, -0.1) is 0 Å². The number of aliphatic hydroxyl groups is 1. The second kappa shape index (κ2) is 6.21. The molecule has 0 amide bonds. The van der Waals surface area contributed by atoms with Gasteiger partial charge in [0.25, 0.3) is 0 Å². The fourth-order valence-electron chi connectivity index (χ4n) is 2.77. The molecule has 18 heavy (non-hydrogen) atoms. The van der Waals surface area contributed by atoms with Gasteiger partial charge in [0.1, 0.15) is 5.75 Å². The van der Waals surface area contributed by atoms with E-state index in [1.165, 1.54) is 6.42 Å². The van der Waals surface area contributed by atoms with Crippen LogP contribution in [0.4, 0.5) is 0 Å². The molecule has 2 rings (SSSR count). The quantitative estimate of drug-likeness (QED) is 0.769. The number of phenolic OH excluding ortho intramolecular Hbond substituents is 1. The van der Waals surface area contributed by atoms with E-state index in [2.05, 4.69) is 12.2 Å². The monoisotopic (exact) mass is 249 g/mol. The lowest BCUT2D eigenvalue weighted by Crippen LogP contribution is -2.43. The lowest BCUT2D eigenvalue weighted by Gasteiger charge is -2.32. The minimum Gasteiger partial charge on any atom is -0.508 e. The molecular formula is C15H23NO2. The fourth-order valence-corrected chi connectivity index (χ4v) is 2.77. The normalized spacial score (nSPS) is 25.9. The molecule has 1 fully saturated rings. The standard InChI is InChI=1S/C15H23NO2/c1-2-12(11-7-3-5-9-14(11)17)16-13-8-4-6-10-15(13)18/h3,5,7,9,12-13,15-18H,2,4,6,8,10H2,1H3. The summed E-state index contributed by atoms with van der Waals surface area (Å²) in [6.45, 7) is 2.10. The van der Waals surface area contributed by atoms with Crippen LogP contribution in [0.15, 0.2) is 24.3 Å². The van der Waals surface area contributed by atoms with Crippen molar-refractivity contribution in [2.45, 2.75) is 57.2 Å². The van der Waals surface area contributed by atoms with Crippen LogP contribution in [0.5, 0.6) is 5.75 Å². The lowest BCUT2D eigenvalue weighted by molar-refractivity contribution is 0.0842. The molecule has 3 nitrogen and oxygen atoms in total. The average Bonchev–Trinajstić information content (AvgIpc) is 2.39. The van der Waals surface area contributed by atoms with Gasteiger partial charge in [-0.25, -0.2) is 0 Å². The molecule has 0 saturated heterocycles. The van der Waals surface area contributed by atoms with Gasteiger partial charge in [-0.1, -0.05) is 38.0 Å². The van der Waals surface area contributed by atoms with Gasteiger partial charge in [-0.05, 0) is 25.3 Å². The van der Waals surface area contributed by atoms with Gasteiger partial charge in [-0.2, -0.15) is 0 Å². The van der Waals surface area contributed by atoms with Gasteiger partial charge in [0.05, 0.1) is 6.10 Å². The van der Waals surface area contributed by atoms with Crippen molar-refractivity contribution < 1.29 is 10.2 Å². The minimum absolute atomic E-state index is 0.115. The Balaban J connectivity index is 2.07. The molecule has 0 spiro atoms. The molecular weight excluding hydrogens is 226 g/mol. The Morgan fingerprint density at radius 1 is 1.28 bits per heavy atom. The van der Waals surface area contributed by atoms with Gasteiger partial charge in [0, 0.05) is 17.6 Å². The molecule has 1 saturated carbocycles. The first-order chi connectivity index (χ1) is 8.72. The zero-order valence-corrected chi connectivity index (χ0v) is 11.0. The number of aliphatic hydroxyl groups excluding tert-OH is 1. The van der Waals surface area contributed by atoms with Crippen LogP contribution in [0, 0.1) is 0 Å². The highest BCUT2D eigenvalue weighted by atomic mass is 16.3. The van der Waals surface area contributed by atoms with Crippen molar-refractivity contribution in [3.63, 3.8) is 0 Å². The van der Waals surface area contributed by atoms with Gasteiger partial charge < -0.3 is 15.5 Å². The van der Waals surface area contributed by atoms with Crippen molar-refractivity contribution >= 4 is 0 Å². The summed E-state index contributed by atoms with van der Waals surface area (Å²) < 4.78 is 0. The molecule has 3 N–H and O–H groups in total. The summed E-state index contributed by atoms with van der Waals surface area (Å²) in [4.78, 5) is 0. The third-order valence-electron chi connectivity index (χ3n) is 3.87. The molecule has 0 aliphatic heterocycles. The number of hydrogen-bond donors (Lipinski definition) is 3. The topological polar surface area (TPSA) is 52.5 Å². The van der Waals surface area contributed by atoms with Crippen LogP contribution in [-0.4, -0.2) is 22.4 Å². The number of aromatic hydroxyl groups is 1. The molecule has 3 atom stereocenters. The number of phenols is 1. The number of hydrogen-bond acceptors (Lipinski definition) is 3. The van der Waals surface area contributed by atoms with E-state index in [-0.39, 0.29) is 18.2 Å². The summed E-state index contributed by atoms with van der Waals surface area (Å²) in [5.74, 6) is 0.335. The van der Waals surface area contributed by atoms with Crippen LogP contribution in [-0.2, 0) is 0 Å². The summed E-state index contributed by atoms with van der Waals surface area (Å²) in [5.41, 5.74) is 0.928. The Kier molecular flexibility index (Phi) is 4.61. The predicted molar refractivity (Wildman–Crippen MR) is 72.5 cm³/mol. The first-order valence-corrected chi connectivity index (χ1v) is 6.94. The third-order valence-corrected chi connectivity index (χ3v) is 3.87. The van der Waals surface area contributed by atoms with Crippen LogP contribution in [0.3, 0.4) is 0 Å². The molecule has 100 valence electrons. The molecule has 0 aromatic heterocycles. The maximum atomic E-state index is 10.0. The van der Waals surface area contributed by atoms with Gasteiger partial charge in [0.2, 0.25) is 0 Å². The van der Waals surface area contributed by atoms with Crippen LogP contribution in [0.2, 0.25) is 0 Å². The van der Waals surface area contributed by atoms with E-state index >= 15 is 0 Å². The number of nitrogens with one attached hydrogen (secondary N) is 1. The van der Waals surface area contributed by atoms with E-state index < -0.39 is 0 Å².